The van der Waals surface area contributed by atoms with Crippen molar-refractivity contribution in [2.45, 2.75) is 39.3 Å². The molecule has 2 aromatic rings. The summed E-state index contributed by atoms with van der Waals surface area (Å²) in [5, 5.41) is 5.85. The summed E-state index contributed by atoms with van der Waals surface area (Å²) in [5.41, 5.74) is 2.26. The Balaban J connectivity index is 1.63. The molecule has 0 bridgehead atoms. The molecule has 2 N–H and O–H groups in total. The lowest BCUT2D eigenvalue weighted by Crippen LogP contribution is -2.35. The first-order valence-electron chi connectivity index (χ1n) is 9.98. The van der Waals surface area contributed by atoms with Gasteiger partial charge in [-0.3, -0.25) is 14.5 Å². The van der Waals surface area contributed by atoms with Gasteiger partial charge in [0.15, 0.2) is 0 Å². The summed E-state index contributed by atoms with van der Waals surface area (Å²) in [6.07, 6.45) is 2.27. The number of hydrogen-bond acceptors (Lipinski definition) is 3. The van der Waals surface area contributed by atoms with Gasteiger partial charge in [-0.2, -0.15) is 0 Å². The molecule has 0 aromatic heterocycles. The fraction of sp³-hybridized carbons (Fsp3) is 0.391. The monoisotopic (exact) mass is 379 g/mol. The van der Waals surface area contributed by atoms with Crippen molar-refractivity contribution in [3.05, 3.63) is 65.7 Å². The summed E-state index contributed by atoms with van der Waals surface area (Å²) >= 11 is 0. The molecule has 0 atom stereocenters. The van der Waals surface area contributed by atoms with Gasteiger partial charge in [-0.15, -0.1) is 0 Å². The summed E-state index contributed by atoms with van der Waals surface area (Å²) in [5.74, 6) is 0.121. The van der Waals surface area contributed by atoms with Crippen molar-refractivity contribution >= 4 is 17.5 Å². The van der Waals surface area contributed by atoms with Gasteiger partial charge in [-0.1, -0.05) is 56.3 Å². The molecule has 2 aromatic carbocycles. The quantitative estimate of drug-likeness (QED) is 0.699. The molecule has 0 radical (unpaired) electrons. The third kappa shape index (κ3) is 5.92. The molecule has 2 amide bonds. The van der Waals surface area contributed by atoms with E-state index in [1.165, 1.54) is 5.56 Å². The highest BCUT2D eigenvalue weighted by Gasteiger charge is 2.30. The van der Waals surface area contributed by atoms with E-state index in [1.807, 2.05) is 44.2 Å². The molecule has 0 saturated heterocycles. The second kappa shape index (κ2) is 9.51. The molecule has 148 valence electrons. The smallest absolute Gasteiger partial charge is 0.253 e. The van der Waals surface area contributed by atoms with Gasteiger partial charge in [0.25, 0.3) is 5.91 Å². The number of carbonyl (C=O) groups excluding carboxylic acids is 2. The third-order valence-electron chi connectivity index (χ3n) is 4.76. The van der Waals surface area contributed by atoms with E-state index in [2.05, 4.69) is 27.7 Å². The maximum Gasteiger partial charge on any atom is 0.253 e. The number of carbonyl (C=O) groups is 2. The minimum absolute atomic E-state index is 0.0908. The van der Waals surface area contributed by atoms with Crippen LogP contribution in [0.15, 0.2) is 54.6 Å². The number of nitrogens with one attached hydrogen (secondary N) is 2. The zero-order valence-corrected chi connectivity index (χ0v) is 16.7. The van der Waals surface area contributed by atoms with Crippen molar-refractivity contribution in [2.75, 3.05) is 18.4 Å². The van der Waals surface area contributed by atoms with Crippen LogP contribution in [0.1, 0.15) is 42.6 Å². The van der Waals surface area contributed by atoms with E-state index in [-0.39, 0.29) is 11.8 Å². The van der Waals surface area contributed by atoms with Crippen molar-refractivity contribution in [3.8, 4) is 0 Å². The molecule has 0 aliphatic heterocycles. The highest BCUT2D eigenvalue weighted by Crippen LogP contribution is 2.28. The van der Waals surface area contributed by atoms with Crippen LogP contribution in [-0.2, 0) is 11.3 Å². The number of rotatable bonds is 9. The van der Waals surface area contributed by atoms with Crippen LogP contribution < -0.4 is 10.6 Å². The topological polar surface area (TPSA) is 61.4 Å². The van der Waals surface area contributed by atoms with Gasteiger partial charge in [0.2, 0.25) is 5.91 Å². The van der Waals surface area contributed by atoms with Crippen LogP contribution in [0.3, 0.4) is 0 Å². The second-order valence-corrected chi connectivity index (χ2v) is 7.82. The average molecular weight is 380 g/mol. The lowest BCUT2D eigenvalue weighted by Gasteiger charge is -2.22. The number of benzene rings is 2. The zero-order valence-electron chi connectivity index (χ0n) is 16.7. The SMILES string of the molecule is CC(C)CNC(=O)c1ccccc1NC(=O)CN(Cc1ccccc1)C1CC1. The number of nitrogens with zero attached hydrogens (tertiary/aromatic N) is 1. The number of hydrogen-bond donors (Lipinski definition) is 2. The van der Waals surface area contributed by atoms with Crippen molar-refractivity contribution in [1.29, 1.82) is 0 Å². The van der Waals surface area contributed by atoms with Crippen LogP contribution in [0.5, 0.6) is 0 Å². The summed E-state index contributed by atoms with van der Waals surface area (Å²) in [7, 11) is 0. The molecule has 0 unspecified atom stereocenters. The number of para-hydroxylation sites is 1. The normalized spacial score (nSPS) is 13.6. The van der Waals surface area contributed by atoms with Crippen LogP contribution in [0.2, 0.25) is 0 Å². The van der Waals surface area contributed by atoms with Crippen molar-refractivity contribution < 1.29 is 9.59 Å². The number of anilines is 1. The Morgan fingerprint density at radius 1 is 1.04 bits per heavy atom. The molecule has 3 rings (SSSR count). The minimum Gasteiger partial charge on any atom is -0.352 e. The minimum atomic E-state index is -0.159. The Hall–Kier alpha value is -2.66. The molecular formula is C23H29N3O2. The van der Waals surface area contributed by atoms with Gasteiger partial charge in [0, 0.05) is 19.1 Å². The summed E-state index contributed by atoms with van der Waals surface area (Å²) in [4.78, 5) is 27.4. The Morgan fingerprint density at radius 3 is 2.39 bits per heavy atom. The third-order valence-corrected chi connectivity index (χ3v) is 4.76. The summed E-state index contributed by atoms with van der Waals surface area (Å²) < 4.78 is 0. The van der Waals surface area contributed by atoms with E-state index in [4.69, 9.17) is 0 Å². The largest absolute Gasteiger partial charge is 0.352 e. The average Bonchev–Trinajstić information content (AvgIpc) is 3.52. The first-order chi connectivity index (χ1) is 13.5. The fourth-order valence-corrected chi connectivity index (χ4v) is 3.13. The predicted molar refractivity (Wildman–Crippen MR) is 112 cm³/mol. The lowest BCUT2D eigenvalue weighted by molar-refractivity contribution is -0.117. The molecule has 1 aliphatic rings. The Bertz CT molecular complexity index is 801. The Labute approximate surface area is 167 Å². The van der Waals surface area contributed by atoms with Gasteiger partial charge in [0.1, 0.15) is 0 Å². The molecule has 28 heavy (non-hydrogen) atoms. The Morgan fingerprint density at radius 2 is 1.71 bits per heavy atom. The van der Waals surface area contributed by atoms with Gasteiger partial charge in [0.05, 0.1) is 17.8 Å². The molecule has 5 heteroatoms. The first-order valence-corrected chi connectivity index (χ1v) is 9.98. The predicted octanol–water partition coefficient (Wildman–Crippen LogP) is 3.68. The highest BCUT2D eigenvalue weighted by atomic mass is 16.2. The van der Waals surface area contributed by atoms with Gasteiger partial charge < -0.3 is 10.6 Å². The van der Waals surface area contributed by atoms with Crippen molar-refractivity contribution in [2.24, 2.45) is 5.92 Å². The van der Waals surface area contributed by atoms with Crippen molar-refractivity contribution in [1.82, 2.24) is 10.2 Å². The fourth-order valence-electron chi connectivity index (χ4n) is 3.13. The van der Waals surface area contributed by atoms with Crippen LogP contribution in [0.4, 0.5) is 5.69 Å². The molecule has 1 fully saturated rings. The molecule has 1 aliphatic carbocycles. The van der Waals surface area contributed by atoms with Crippen LogP contribution in [0, 0.1) is 5.92 Å². The van der Waals surface area contributed by atoms with E-state index in [0.29, 0.717) is 36.3 Å². The van der Waals surface area contributed by atoms with E-state index in [0.717, 1.165) is 19.4 Å². The van der Waals surface area contributed by atoms with E-state index in [1.54, 1.807) is 12.1 Å². The first kappa shape index (κ1) is 20.1. The zero-order chi connectivity index (χ0) is 19.9. The molecule has 1 saturated carbocycles. The summed E-state index contributed by atoms with van der Waals surface area (Å²) in [6.45, 7) is 5.78. The van der Waals surface area contributed by atoms with Gasteiger partial charge in [-0.25, -0.2) is 0 Å². The highest BCUT2D eigenvalue weighted by molar-refractivity contribution is 6.04. The lowest BCUT2D eigenvalue weighted by atomic mass is 10.1. The number of amides is 2. The van der Waals surface area contributed by atoms with E-state index in [9.17, 15) is 9.59 Å². The second-order valence-electron chi connectivity index (χ2n) is 7.82. The maximum atomic E-state index is 12.7. The van der Waals surface area contributed by atoms with E-state index < -0.39 is 0 Å². The van der Waals surface area contributed by atoms with Gasteiger partial charge in [-0.05, 0) is 36.5 Å². The standard InChI is InChI=1S/C23H29N3O2/c1-17(2)14-24-23(28)20-10-6-7-11-21(20)25-22(27)16-26(19-12-13-19)15-18-8-4-3-5-9-18/h3-11,17,19H,12-16H2,1-2H3,(H,24,28)(H,25,27). The van der Waals surface area contributed by atoms with E-state index >= 15 is 0 Å². The maximum absolute atomic E-state index is 12.7. The van der Waals surface area contributed by atoms with Crippen LogP contribution >= 0.6 is 0 Å². The van der Waals surface area contributed by atoms with Crippen LogP contribution in [0.25, 0.3) is 0 Å². The van der Waals surface area contributed by atoms with Gasteiger partial charge >= 0.3 is 0 Å². The molecular weight excluding hydrogens is 350 g/mol. The van der Waals surface area contributed by atoms with Crippen molar-refractivity contribution in [3.63, 3.8) is 0 Å². The molecule has 0 heterocycles. The summed E-state index contributed by atoms with van der Waals surface area (Å²) in [6, 6.07) is 17.8. The Kier molecular flexibility index (Phi) is 6.82. The molecule has 0 spiro atoms. The molecule has 5 nitrogen and oxygen atoms in total. The van der Waals surface area contributed by atoms with Crippen LogP contribution in [-0.4, -0.2) is 35.8 Å².